The lowest BCUT2D eigenvalue weighted by atomic mass is 9.84. The zero-order chi connectivity index (χ0) is 38.2. The van der Waals surface area contributed by atoms with Gasteiger partial charge in [-0.1, -0.05) is 183 Å². The van der Waals surface area contributed by atoms with E-state index in [1.807, 2.05) is 170 Å². The van der Waals surface area contributed by atoms with Gasteiger partial charge in [-0.3, -0.25) is 20.0 Å². The molecular weight excluding hydrogens is 693 g/mol. The Morgan fingerprint density at radius 3 is 0.911 bits per heavy atom. The van der Waals surface area contributed by atoms with Crippen molar-refractivity contribution in [3.8, 4) is 0 Å². The van der Waals surface area contributed by atoms with Crippen LogP contribution in [0.15, 0.2) is 170 Å². The molecule has 2 N–H and O–H groups in total. The van der Waals surface area contributed by atoms with Crippen LogP contribution in [0.2, 0.25) is 0 Å². The van der Waals surface area contributed by atoms with Crippen LogP contribution in [0.25, 0.3) is 43.1 Å². The first-order chi connectivity index (χ1) is 27.4. The molecular formula is C50H42N2O4. The Bertz CT molecular complexity index is 2400. The summed E-state index contributed by atoms with van der Waals surface area (Å²) in [6.45, 7) is 0. The van der Waals surface area contributed by atoms with E-state index in [0.29, 0.717) is 12.8 Å². The van der Waals surface area contributed by atoms with Crippen molar-refractivity contribution in [2.24, 2.45) is 0 Å². The Labute approximate surface area is 325 Å². The highest BCUT2D eigenvalue weighted by Gasteiger charge is 2.42. The van der Waals surface area contributed by atoms with E-state index in [4.69, 9.17) is 0 Å². The van der Waals surface area contributed by atoms with Gasteiger partial charge in [-0.2, -0.15) is 0 Å². The molecule has 0 saturated heterocycles. The topological polar surface area (TPSA) is 81.1 Å². The van der Waals surface area contributed by atoms with Gasteiger partial charge in [-0.15, -0.1) is 0 Å². The Morgan fingerprint density at radius 1 is 0.393 bits per heavy atom. The second kappa shape index (κ2) is 15.1. The third-order valence-electron chi connectivity index (χ3n) is 11.7. The van der Waals surface area contributed by atoms with Gasteiger partial charge in [0.05, 0.1) is 23.9 Å². The summed E-state index contributed by atoms with van der Waals surface area (Å²) < 4.78 is 0. The summed E-state index contributed by atoms with van der Waals surface area (Å²) in [6.07, 6.45) is 2.33. The SMILES string of the molecule is O=C(C(c1ccc2ccccc2c1)c1ccc2ccccc2c1)N(O)C1CCCCC1N(O)C(=O)C(c1ccc2ccccc2c1)c1ccc2ccccc2c1. The lowest BCUT2D eigenvalue weighted by Gasteiger charge is -2.41. The number of carbonyl (C=O) groups is 2. The number of fused-ring (bicyclic) bond motifs is 4. The summed E-state index contributed by atoms with van der Waals surface area (Å²) in [6, 6.07) is 54.3. The van der Waals surface area contributed by atoms with Crippen LogP contribution in [0.4, 0.5) is 0 Å². The molecule has 0 heterocycles. The van der Waals surface area contributed by atoms with Gasteiger partial charge in [-0.05, 0) is 78.2 Å². The molecule has 0 radical (unpaired) electrons. The third kappa shape index (κ3) is 6.68. The van der Waals surface area contributed by atoms with Crippen LogP contribution in [0.1, 0.15) is 59.8 Å². The predicted octanol–water partition coefficient (Wildman–Crippen LogP) is 11.0. The molecule has 1 fully saturated rings. The van der Waals surface area contributed by atoms with E-state index in [1.54, 1.807) is 0 Å². The van der Waals surface area contributed by atoms with E-state index in [2.05, 4.69) is 0 Å². The molecule has 6 nitrogen and oxygen atoms in total. The largest absolute Gasteiger partial charge is 0.286 e. The van der Waals surface area contributed by atoms with Gasteiger partial charge in [0.25, 0.3) is 11.8 Å². The number of rotatable bonds is 8. The Morgan fingerprint density at radius 2 is 0.643 bits per heavy atom. The van der Waals surface area contributed by atoms with Gasteiger partial charge in [-0.25, -0.2) is 10.1 Å². The van der Waals surface area contributed by atoms with Crippen LogP contribution < -0.4 is 0 Å². The summed E-state index contributed by atoms with van der Waals surface area (Å²) >= 11 is 0. The fraction of sp³-hybridized carbons (Fsp3) is 0.160. The number of nitrogens with zero attached hydrogens (tertiary/aromatic N) is 2. The summed E-state index contributed by atoms with van der Waals surface area (Å²) in [5.41, 5.74) is 3.00. The molecule has 276 valence electrons. The minimum absolute atomic E-state index is 0.427. The number of hydroxylamine groups is 4. The Balaban J connectivity index is 1.08. The van der Waals surface area contributed by atoms with Crippen LogP contribution in [-0.4, -0.2) is 44.4 Å². The van der Waals surface area contributed by atoms with E-state index in [1.165, 1.54) is 0 Å². The second-order valence-corrected chi connectivity index (χ2v) is 15.1. The molecule has 56 heavy (non-hydrogen) atoms. The van der Waals surface area contributed by atoms with Crippen molar-refractivity contribution in [2.45, 2.75) is 49.6 Å². The molecule has 2 unspecified atom stereocenters. The first-order valence-electron chi connectivity index (χ1n) is 19.4. The van der Waals surface area contributed by atoms with Gasteiger partial charge in [0.2, 0.25) is 0 Å². The molecule has 2 atom stereocenters. The molecule has 8 aromatic carbocycles. The lowest BCUT2D eigenvalue weighted by molar-refractivity contribution is -0.213. The molecule has 8 aromatic rings. The van der Waals surface area contributed by atoms with Gasteiger partial charge in [0, 0.05) is 0 Å². The van der Waals surface area contributed by atoms with Gasteiger partial charge in [0.15, 0.2) is 0 Å². The fourth-order valence-corrected chi connectivity index (χ4v) is 8.76. The number of hydrogen-bond donors (Lipinski definition) is 2. The monoisotopic (exact) mass is 734 g/mol. The molecule has 0 aromatic heterocycles. The van der Waals surface area contributed by atoms with Crippen molar-refractivity contribution in [3.05, 3.63) is 192 Å². The minimum Gasteiger partial charge on any atom is -0.286 e. The zero-order valence-electron chi connectivity index (χ0n) is 30.9. The number of carbonyl (C=O) groups excluding carboxylic acids is 2. The molecule has 0 bridgehead atoms. The van der Waals surface area contributed by atoms with Crippen molar-refractivity contribution < 1.29 is 20.0 Å². The van der Waals surface area contributed by atoms with Crippen molar-refractivity contribution in [2.75, 3.05) is 0 Å². The fourth-order valence-electron chi connectivity index (χ4n) is 8.76. The molecule has 2 amide bonds. The maximum Gasteiger partial charge on any atom is 0.258 e. The van der Waals surface area contributed by atoms with E-state index >= 15 is 0 Å². The number of hydrogen-bond acceptors (Lipinski definition) is 4. The molecule has 6 heteroatoms. The Hall–Kier alpha value is -6.34. The zero-order valence-corrected chi connectivity index (χ0v) is 30.9. The summed E-state index contributed by atoms with van der Waals surface area (Å²) in [4.78, 5) is 29.7. The predicted molar refractivity (Wildman–Crippen MR) is 223 cm³/mol. The van der Waals surface area contributed by atoms with E-state index in [0.717, 1.165) is 88.3 Å². The van der Waals surface area contributed by atoms with Gasteiger partial charge in [0.1, 0.15) is 0 Å². The lowest BCUT2D eigenvalue weighted by Crippen LogP contribution is -2.56. The third-order valence-corrected chi connectivity index (χ3v) is 11.7. The van der Waals surface area contributed by atoms with Crippen LogP contribution in [-0.2, 0) is 9.59 Å². The molecule has 0 spiro atoms. The van der Waals surface area contributed by atoms with E-state index < -0.39 is 35.7 Å². The van der Waals surface area contributed by atoms with Crippen molar-refractivity contribution in [1.82, 2.24) is 10.1 Å². The first kappa shape index (κ1) is 35.4. The molecule has 1 aliphatic carbocycles. The van der Waals surface area contributed by atoms with Crippen LogP contribution in [0.5, 0.6) is 0 Å². The van der Waals surface area contributed by atoms with Crippen molar-refractivity contribution in [3.63, 3.8) is 0 Å². The van der Waals surface area contributed by atoms with Crippen LogP contribution in [0, 0.1) is 0 Å². The van der Waals surface area contributed by atoms with Crippen LogP contribution >= 0.6 is 0 Å². The summed E-state index contributed by atoms with van der Waals surface area (Å²) in [5.74, 6) is -2.67. The smallest absolute Gasteiger partial charge is 0.258 e. The maximum absolute atomic E-state index is 14.9. The normalized spacial score (nSPS) is 15.9. The van der Waals surface area contributed by atoms with E-state index in [9.17, 15) is 20.0 Å². The average Bonchev–Trinajstić information content (AvgIpc) is 3.25. The maximum atomic E-state index is 14.9. The first-order valence-corrected chi connectivity index (χ1v) is 19.4. The van der Waals surface area contributed by atoms with Crippen molar-refractivity contribution in [1.29, 1.82) is 0 Å². The highest BCUT2D eigenvalue weighted by atomic mass is 16.5. The van der Waals surface area contributed by atoms with Crippen molar-refractivity contribution >= 4 is 54.9 Å². The van der Waals surface area contributed by atoms with Gasteiger partial charge >= 0.3 is 0 Å². The second-order valence-electron chi connectivity index (χ2n) is 15.1. The number of amides is 2. The highest BCUT2D eigenvalue weighted by molar-refractivity contribution is 5.94. The Kier molecular flexibility index (Phi) is 9.51. The molecule has 1 saturated carbocycles. The highest BCUT2D eigenvalue weighted by Crippen LogP contribution is 2.37. The molecule has 0 aliphatic heterocycles. The molecule has 1 aliphatic rings. The standard InChI is InChI=1S/C50H42N2O4/c53-49(47(41-25-21-33-11-1-5-15-37(33)29-41)42-26-22-34-12-2-6-16-38(34)30-42)51(55)45-19-9-10-20-46(45)52(56)50(54)48(43-27-23-35-13-3-7-17-39(35)31-43)44-28-24-36-14-4-8-18-40(36)32-44/h1-8,11-18,21-32,45-48,55-56H,9-10,19-20H2. The number of benzene rings is 8. The minimum atomic E-state index is -0.831. The quantitative estimate of drug-likeness (QED) is 0.120. The van der Waals surface area contributed by atoms with Gasteiger partial charge < -0.3 is 0 Å². The van der Waals surface area contributed by atoms with E-state index in [-0.39, 0.29) is 0 Å². The summed E-state index contributed by atoms with van der Waals surface area (Å²) in [7, 11) is 0. The van der Waals surface area contributed by atoms with Crippen LogP contribution in [0.3, 0.4) is 0 Å². The summed E-state index contributed by atoms with van der Waals surface area (Å²) in [5, 5.41) is 34.0. The molecule has 9 rings (SSSR count). The average molecular weight is 735 g/mol.